The van der Waals surface area contributed by atoms with Gasteiger partial charge in [-0.25, -0.2) is 9.37 Å². The Balaban J connectivity index is 1.79. The van der Waals surface area contributed by atoms with Crippen molar-refractivity contribution in [2.75, 3.05) is 23.8 Å². The van der Waals surface area contributed by atoms with Crippen molar-refractivity contribution in [2.45, 2.75) is 18.9 Å². The summed E-state index contributed by atoms with van der Waals surface area (Å²) in [5.74, 6) is -0.983. The van der Waals surface area contributed by atoms with E-state index in [0.717, 1.165) is 19.4 Å². The van der Waals surface area contributed by atoms with E-state index in [0.29, 0.717) is 6.54 Å². The van der Waals surface area contributed by atoms with Gasteiger partial charge in [0.15, 0.2) is 0 Å². The number of amides is 1. The molecule has 2 heterocycles. The summed E-state index contributed by atoms with van der Waals surface area (Å²) >= 11 is 11.8. The van der Waals surface area contributed by atoms with Gasteiger partial charge in [-0.1, -0.05) is 17.7 Å². The maximum Gasteiger partial charge on any atom is 0.261 e. The molecule has 1 fully saturated rings. The van der Waals surface area contributed by atoms with Gasteiger partial charge in [-0.05, 0) is 36.6 Å². The van der Waals surface area contributed by atoms with Gasteiger partial charge < -0.3 is 15.4 Å². The summed E-state index contributed by atoms with van der Waals surface area (Å²) < 4.78 is 19.4. The van der Waals surface area contributed by atoms with Crippen LogP contribution >= 0.6 is 23.2 Å². The maximum absolute atomic E-state index is 13.9. The molecule has 2 N–H and O–H groups in total. The predicted molar refractivity (Wildman–Crippen MR) is 93.9 cm³/mol. The highest BCUT2D eigenvalue weighted by atomic mass is 35.5. The molecule has 0 saturated carbocycles. The molecule has 0 aliphatic carbocycles. The minimum absolute atomic E-state index is 0.00434. The Bertz CT molecular complexity index is 764. The zero-order valence-corrected chi connectivity index (χ0v) is 14.6. The fourth-order valence-electron chi connectivity index (χ4n) is 2.48. The fourth-order valence-corrected chi connectivity index (χ4v) is 2.82. The van der Waals surface area contributed by atoms with E-state index in [1.165, 1.54) is 24.4 Å². The first-order chi connectivity index (χ1) is 12.0. The van der Waals surface area contributed by atoms with Crippen LogP contribution in [0.15, 0.2) is 24.4 Å². The molecule has 2 aromatic rings. The van der Waals surface area contributed by atoms with Crippen LogP contribution in [0.3, 0.4) is 0 Å². The van der Waals surface area contributed by atoms with Crippen molar-refractivity contribution in [2.24, 2.45) is 0 Å². The van der Waals surface area contributed by atoms with Crippen molar-refractivity contribution in [3.05, 3.63) is 46.1 Å². The number of carbonyl (C=O) groups excluding carboxylic acids is 1. The third kappa shape index (κ3) is 4.36. The van der Waals surface area contributed by atoms with Crippen LogP contribution in [-0.4, -0.2) is 35.1 Å². The molecule has 1 atom stereocenters. The number of nitrogens with one attached hydrogen (secondary N) is 2. The Labute approximate surface area is 153 Å². The summed E-state index contributed by atoms with van der Waals surface area (Å²) in [6.07, 6.45) is 3.25. The van der Waals surface area contributed by atoms with Gasteiger partial charge in [0.1, 0.15) is 17.2 Å². The standard InChI is InChI=1S/C16H15Cl2FN4O2/c17-11-4-1-5-12(19)13(11)22-15(24)10-8-21-16(18)23-14(10)20-7-9-3-2-6-25-9/h1,4-5,8-9H,2-3,6-7H2,(H,22,24)(H,20,21,23). The van der Waals surface area contributed by atoms with E-state index in [-0.39, 0.29) is 33.5 Å². The summed E-state index contributed by atoms with van der Waals surface area (Å²) in [6.45, 7) is 1.20. The number of rotatable bonds is 5. The molecular formula is C16H15Cl2FN4O2. The van der Waals surface area contributed by atoms with Crippen molar-refractivity contribution in [1.29, 1.82) is 0 Å². The molecule has 1 aliphatic rings. The number of ether oxygens (including phenoxy) is 1. The van der Waals surface area contributed by atoms with Crippen molar-refractivity contribution < 1.29 is 13.9 Å². The Morgan fingerprint density at radius 3 is 2.96 bits per heavy atom. The number of halogens is 3. The Hall–Kier alpha value is -1.96. The first kappa shape index (κ1) is 17.8. The van der Waals surface area contributed by atoms with E-state index in [9.17, 15) is 9.18 Å². The first-order valence-corrected chi connectivity index (χ1v) is 8.43. The SMILES string of the molecule is O=C(Nc1c(F)cccc1Cl)c1cnc(Cl)nc1NCC1CCCO1. The van der Waals surface area contributed by atoms with Crippen molar-refractivity contribution in [3.8, 4) is 0 Å². The summed E-state index contributed by atoms with van der Waals surface area (Å²) in [5.41, 5.74) is 0.0240. The molecule has 0 bridgehead atoms. The van der Waals surface area contributed by atoms with Crippen LogP contribution in [0, 0.1) is 5.82 Å². The van der Waals surface area contributed by atoms with E-state index < -0.39 is 11.7 Å². The second-order valence-electron chi connectivity index (χ2n) is 5.47. The largest absolute Gasteiger partial charge is 0.376 e. The van der Waals surface area contributed by atoms with E-state index in [1.54, 1.807) is 0 Å². The van der Waals surface area contributed by atoms with Crippen LogP contribution in [-0.2, 0) is 4.74 Å². The molecule has 1 aromatic carbocycles. The van der Waals surface area contributed by atoms with E-state index in [4.69, 9.17) is 27.9 Å². The molecule has 132 valence electrons. The summed E-state index contributed by atoms with van der Waals surface area (Å²) in [4.78, 5) is 20.4. The number of nitrogens with zero attached hydrogens (tertiary/aromatic N) is 2. The number of hydrogen-bond donors (Lipinski definition) is 2. The highest BCUT2D eigenvalue weighted by Gasteiger charge is 2.20. The summed E-state index contributed by atoms with van der Waals surface area (Å²) in [5, 5.41) is 5.58. The van der Waals surface area contributed by atoms with Crippen LogP contribution in [0.4, 0.5) is 15.9 Å². The lowest BCUT2D eigenvalue weighted by Crippen LogP contribution is -2.22. The molecule has 1 unspecified atom stereocenters. The highest BCUT2D eigenvalue weighted by molar-refractivity contribution is 6.34. The van der Waals surface area contributed by atoms with Gasteiger partial charge in [-0.2, -0.15) is 4.98 Å². The third-order valence-electron chi connectivity index (χ3n) is 3.73. The minimum Gasteiger partial charge on any atom is -0.376 e. The van der Waals surface area contributed by atoms with Crippen LogP contribution in [0.1, 0.15) is 23.2 Å². The molecule has 1 aromatic heterocycles. The van der Waals surface area contributed by atoms with Gasteiger partial charge in [0.2, 0.25) is 5.28 Å². The molecule has 6 nitrogen and oxygen atoms in total. The van der Waals surface area contributed by atoms with Crippen molar-refractivity contribution in [1.82, 2.24) is 9.97 Å². The number of benzene rings is 1. The van der Waals surface area contributed by atoms with Crippen LogP contribution in [0.25, 0.3) is 0 Å². The van der Waals surface area contributed by atoms with Gasteiger partial charge >= 0.3 is 0 Å². The number of aromatic nitrogens is 2. The lowest BCUT2D eigenvalue weighted by molar-refractivity contribution is 0.102. The van der Waals surface area contributed by atoms with Gasteiger partial charge in [-0.3, -0.25) is 4.79 Å². The molecule has 1 aliphatic heterocycles. The number of hydrogen-bond acceptors (Lipinski definition) is 5. The molecule has 0 spiro atoms. The first-order valence-electron chi connectivity index (χ1n) is 7.68. The monoisotopic (exact) mass is 384 g/mol. The Morgan fingerprint density at radius 2 is 2.24 bits per heavy atom. The average molecular weight is 385 g/mol. The van der Waals surface area contributed by atoms with Crippen LogP contribution in [0.5, 0.6) is 0 Å². The van der Waals surface area contributed by atoms with Crippen LogP contribution in [0.2, 0.25) is 10.3 Å². The van der Waals surface area contributed by atoms with Crippen molar-refractivity contribution in [3.63, 3.8) is 0 Å². The minimum atomic E-state index is -0.635. The van der Waals surface area contributed by atoms with Gasteiger partial charge in [-0.15, -0.1) is 0 Å². The van der Waals surface area contributed by atoms with Gasteiger partial charge in [0.05, 0.1) is 16.8 Å². The summed E-state index contributed by atoms with van der Waals surface area (Å²) in [7, 11) is 0. The maximum atomic E-state index is 13.9. The molecule has 0 radical (unpaired) electrons. The topological polar surface area (TPSA) is 76.1 Å². The molecule has 1 saturated heterocycles. The molecule has 1 amide bonds. The van der Waals surface area contributed by atoms with Crippen molar-refractivity contribution >= 4 is 40.6 Å². The van der Waals surface area contributed by atoms with Crippen LogP contribution < -0.4 is 10.6 Å². The number of carbonyl (C=O) groups is 1. The smallest absolute Gasteiger partial charge is 0.261 e. The van der Waals surface area contributed by atoms with E-state index >= 15 is 0 Å². The highest BCUT2D eigenvalue weighted by Crippen LogP contribution is 2.26. The lowest BCUT2D eigenvalue weighted by Gasteiger charge is -2.14. The zero-order valence-electron chi connectivity index (χ0n) is 13.1. The number of anilines is 2. The average Bonchev–Trinajstić information content (AvgIpc) is 3.10. The third-order valence-corrected chi connectivity index (χ3v) is 4.22. The zero-order chi connectivity index (χ0) is 17.8. The van der Waals surface area contributed by atoms with E-state index in [2.05, 4.69) is 20.6 Å². The molecule has 3 rings (SSSR count). The second-order valence-corrected chi connectivity index (χ2v) is 6.21. The lowest BCUT2D eigenvalue weighted by atomic mass is 10.2. The normalized spacial score (nSPS) is 16.7. The Kier molecular flexibility index (Phi) is 5.67. The van der Waals surface area contributed by atoms with Gasteiger partial charge in [0.25, 0.3) is 5.91 Å². The van der Waals surface area contributed by atoms with E-state index in [1.807, 2.05) is 0 Å². The van der Waals surface area contributed by atoms with Gasteiger partial charge in [0, 0.05) is 19.3 Å². The summed E-state index contributed by atoms with van der Waals surface area (Å²) in [6, 6.07) is 4.14. The molecular weight excluding hydrogens is 370 g/mol. The second kappa shape index (κ2) is 7.95. The quantitative estimate of drug-likeness (QED) is 0.767. The Morgan fingerprint density at radius 1 is 1.40 bits per heavy atom. The fraction of sp³-hybridized carbons (Fsp3) is 0.312. The molecule has 25 heavy (non-hydrogen) atoms. The number of para-hydroxylation sites is 1. The molecule has 9 heteroatoms. The predicted octanol–water partition coefficient (Wildman–Crippen LogP) is 3.77.